The Bertz CT molecular complexity index is 478. The summed E-state index contributed by atoms with van der Waals surface area (Å²) < 4.78 is 12.8. The molecule has 1 heterocycles. The Balaban J connectivity index is 1.95. The molecule has 0 spiro atoms. The van der Waals surface area contributed by atoms with E-state index in [0.29, 0.717) is 12.2 Å². The molecule has 1 aromatic heterocycles. The van der Waals surface area contributed by atoms with Crippen LogP contribution in [0.4, 0.5) is 4.39 Å². The first kappa shape index (κ1) is 16.0. The van der Waals surface area contributed by atoms with Crippen LogP contribution in [0.1, 0.15) is 43.1 Å². The first-order valence-corrected chi connectivity index (χ1v) is 7.53. The summed E-state index contributed by atoms with van der Waals surface area (Å²) in [6.07, 6.45) is 4.74. The van der Waals surface area contributed by atoms with Crippen LogP contribution in [-0.2, 0) is 0 Å². The van der Waals surface area contributed by atoms with Gasteiger partial charge in [-0.3, -0.25) is 9.78 Å². The van der Waals surface area contributed by atoms with Gasteiger partial charge in [-0.2, -0.15) is 0 Å². The third kappa shape index (κ3) is 4.08. The van der Waals surface area contributed by atoms with E-state index in [1.807, 2.05) is 14.0 Å². The van der Waals surface area contributed by atoms with Gasteiger partial charge in [0.25, 0.3) is 0 Å². The molecule has 1 aromatic rings. The number of aromatic nitrogens is 1. The number of nitrogens with zero attached hydrogens (tertiary/aromatic N) is 2. The van der Waals surface area contributed by atoms with Crippen LogP contribution in [0.3, 0.4) is 0 Å². The monoisotopic (exact) mass is 294 g/mol. The van der Waals surface area contributed by atoms with Crippen molar-refractivity contribution in [1.29, 1.82) is 0 Å². The normalized spacial score (nSPS) is 24.0. The Hall–Kier alpha value is -1.33. The molecule has 1 N–H and O–H groups in total. The van der Waals surface area contributed by atoms with E-state index in [4.69, 9.17) is 0 Å². The van der Waals surface area contributed by atoms with E-state index in [1.165, 1.54) is 12.1 Å². The zero-order valence-electron chi connectivity index (χ0n) is 12.6. The summed E-state index contributed by atoms with van der Waals surface area (Å²) in [5, 5.41) is 10.1. The minimum absolute atomic E-state index is 0.0906. The molecular weight excluding hydrogens is 271 g/mol. The minimum Gasteiger partial charge on any atom is -0.391 e. The number of carbonyl (C=O) groups excluding carboxylic acids is 1. The Kier molecular flexibility index (Phi) is 5.42. The van der Waals surface area contributed by atoms with E-state index in [9.17, 15) is 14.3 Å². The second-order valence-electron chi connectivity index (χ2n) is 5.99. The fourth-order valence-electron chi connectivity index (χ4n) is 3.03. The lowest BCUT2D eigenvalue weighted by molar-refractivity contribution is 0.0264. The number of Topliss-reactive ketones (excluding diaryl/α,β-unsaturated/α-hetero) is 1. The largest absolute Gasteiger partial charge is 0.391 e. The van der Waals surface area contributed by atoms with Gasteiger partial charge in [0.2, 0.25) is 0 Å². The number of hydrogen-bond acceptors (Lipinski definition) is 4. The van der Waals surface area contributed by atoms with Gasteiger partial charge in [0.05, 0.1) is 12.3 Å². The van der Waals surface area contributed by atoms with Crippen molar-refractivity contribution in [2.75, 3.05) is 13.6 Å². The van der Waals surface area contributed by atoms with Crippen molar-refractivity contribution in [1.82, 2.24) is 9.88 Å². The van der Waals surface area contributed by atoms with Gasteiger partial charge < -0.3 is 10.0 Å². The molecule has 4 nitrogen and oxygen atoms in total. The van der Waals surface area contributed by atoms with E-state index in [1.54, 1.807) is 0 Å². The highest BCUT2D eigenvalue weighted by Crippen LogP contribution is 2.23. The van der Waals surface area contributed by atoms with Crippen LogP contribution in [0.2, 0.25) is 0 Å². The topological polar surface area (TPSA) is 53.4 Å². The van der Waals surface area contributed by atoms with Crippen molar-refractivity contribution >= 4 is 5.78 Å². The van der Waals surface area contributed by atoms with Gasteiger partial charge in [0.1, 0.15) is 11.5 Å². The van der Waals surface area contributed by atoms with E-state index in [-0.39, 0.29) is 23.8 Å². The van der Waals surface area contributed by atoms with Crippen LogP contribution in [0.25, 0.3) is 0 Å². The number of aliphatic hydroxyl groups excluding tert-OH is 1. The lowest BCUT2D eigenvalue weighted by Crippen LogP contribution is -2.45. The molecule has 3 atom stereocenters. The molecule has 0 bridgehead atoms. The van der Waals surface area contributed by atoms with Crippen molar-refractivity contribution in [2.45, 2.75) is 44.8 Å². The molecule has 1 saturated carbocycles. The number of ketones is 1. The van der Waals surface area contributed by atoms with Crippen LogP contribution < -0.4 is 0 Å². The molecule has 21 heavy (non-hydrogen) atoms. The molecule has 2 rings (SSSR count). The second-order valence-corrected chi connectivity index (χ2v) is 5.99. The molecule has 1 aliphatic carbocycles. The van der Waals surface area contributed by atoms with Gasteiger partial charge >= 0.3 is 0 Å². The maximum absolute atomic E-state index is 12.8. The van der Waals surface area contributed by atoms with E-state index in [2.05, 4.69) is 9.88 Å². The predicted octanol–water partition coefficient (Wildman–Crippen LogP) is 2.27. The van der Waals surface area contributed by atoms with Crippen molar-refractivity contribution in [3.05, 3.63) is 29.8 Å². The maximum atomic E-state index is 12.8. The summed E-state index contributed by atoms with van der Waals surface area (Å²) in [4.78, 5) is 18.2. The number of rotatable bonds is 5. The maximum Gasteiger partial charge on any atom is 0.185 e. The highest BCUT2D eigenvalue weighted by atomic mass is 19.1. The number of aliphatic hydroxyl groups is 1. The molecular formula is C16H23FN2O2. The highest BCUT2D eigenvalue weighted by Gasteiger charge is 2.28. The fourth-order valence-corrected chi connectivity index (χ4v) is 3.03. The summed E-state index contributed by atoms with van der Waals surface area (Å²) in [7, 11) is 1.95. The molecule has 0 radical (unpaired) electrons. The van der Waals surface area contributed by atoms with Gasteiger partial charge in [-0.25, -0.2) is 4.39 Å². The third-order valence-electron chi connectivity index (χ3n) is 4.25. The Morgan fingerprint density at radius 1 is 1.48 bits per heavy atom. The quantitative estimate of drug-likeness (QED) is 0.847. The van der Waals surface area contributed by atoms with Gasteiger partial charge in [0.15, 0.2) is 5.78 Å². The SMILES string of the molecule is CC(CN(C)C1CCCCC1O)C(=O)c1ccc(F)cn1. The van der Waals surface area contributed by atoms with Crippen LogP contribution in [-0.4, -0.2) is 46.5 Å². The van der Waals surface area contributed by atoms with Crippen molar-refractivity contribution < 1.29 is 14.3 Å². The molecule has 0 aliphatic heterocycles. The summed E-state index contributed by atoms with van der Waals surface area (Å²) in [6.45, 7) is 2.42. The van der Waals surface area contributed by atoms with Crippen molar-refractivity contribution in [3.8, 4) is 0 Å². The summed E-state index contributed by atoms with van der Waals surface area (Å²) in [6, 6.07) is 2.79. The molecule has 1 aliphatic rings. The average molecular weight is 294 g/mol. The van der Waals surface area contributed by atoms with Gasteiger partial charge in [-0.1, -0.05) is 19.8 Å². The van der Waals surface area contributed by atoms with Crippen molar-refractivity contribution in [2.24, 2.45) is 5.92 Å². The third-order valence-corrected chi connectivity index (χ3v) is 4.25. The first-order chi connectivity index (χ1) is 9.99. The lowest BCUT2D eigenvalue weighted by Gasteiger charge is -2.36. The molecule has 116 valence electrons. The Morgan fingerprint density at radius 3 is 2.81 bits per heavy atom. The number of carbonyl (C=O) groups is 1. The van der Waals surface area contributed by atoms with E-state index >= 15 is 0 Å². The summed E-state index contributed by atoms with van der Waals surface area (Å²) in [5.41, 5.74) is 0.293. The van der Waals surface area contributed by atoms with E-state index in [0.717, 1.165) is 31.9 Å². The van der Waals surface area contributed by atoms with Crippen LogP contribution in [0, 0.1) is 11.7 Å². The Morgan fingerprint density at radius 2 is 2.19 bits per heavy atom. The fraction of sp³-hybridized carbons (Fsp3) is 0.625. The standard InChI is InChI=1S/C16H23FN2O2/c1-11(16(21)13-8-7-12(17)9-18-13)10-19(2)14-5-3-4-6-15(14)20/h7-9,11,14-15,20H,3-6,10H2,1-2H3. The predicted molar refractivity (Wildman–Crippen MR) is 78.6 cm³/mol. The van der Waals surface area contributed by atoms with Crippen LogP contribution >= 0.6 is 0 Å². The smallest absolute Gasteiger partial charge is 0.185 e. The minimum atomic E-state index is -0.443. The number of hydrogen-bond donors (Lipinski definition) is 1. The molecule has 1 fully saturated rings. The van der Waals surface area contributed by atoms with Crippen LogP contribution in [0.15, 0.2) is 18.3 Å². The lowest BCUT2D eigenvalue weighted by atomic mass is 9.90. The summed E-state index contributed by atoms with van der Waals surface area (Å²) >= 11 is 0. The first-order valence-electron chi connectivity index (χ1n) is 7.53. The second kappa shape index (κ2) is 7.09. The number of halogens is 1. The number of likely N-dealkylation sites (N-methyl/N-ethyl adjacent to an activating group) is 1. The zero-order chi connectivity index (χ0) is 15.4. The van der Waals surface area contributed by atoms with Crippen molar-refractivity contribution in [3.63, 3.8) is 0 Å². The average Bonchev–Trinajstić information content (AvgIpc) is 2.47. The molecule has 3 unspecified atom stereocenters. The highest BCUT2D eigenvalue weighted by molar-refractivity contribution is 5.95. The molecule has 0 aromatic carbocycles. The van der Waals surface area contributed by atoms with E-state index < -0.39 is 5.82 Å². The molecule has 5 heteroatoms. The number of pyridine rings is 1. The molecule has 0 saturated heterocycles. The van der Waals surface area contributed by atoms with Crippen LogP contribution in [0.5, 0.6) is 0 Å². The van der Waals surface area contributed by atoms with Gasteiger partial charge in [0, 0.05) is 18.5 Å². The summed E-state index contributed by atoms with van der Waals surface area (Å²) in [5.74, 6) is -0.768. The Labute approximate surface area is 125 Å². The van der Waals surface area contributed by atoms with Gasteiger partial charge in [-0.05, 0) is 32.0 Å². The van der Waals surface area contributed by atoms with Gasteiger partial charge in [-0.15, -0.1) is 0 Å². The molecule has 0 amide bonds. The zero-order valence-corrected chi connectivity index (χ0v) is 12.6.